The van der Waals surface area contributed by atoms with Gasteiger partial charge in [0, 0.05) is 6.54 Å². The molecule has 3 nitrogen and oxygen atoms in total. The van der Waals surface area contributed by atoms with E-state index in [2.05, 4.69) is 37.7 Å². The van der Waals surface area contributed by atoms with Gasteiger partial charge in [0.2, 0.25) is 0 Å². The summed E-state index contributed by atoms with van der Waals surface area (Å²) in [5, 5.41) is 5.27. The molecule has 1 aromatic rings. The van der Waals surface area contributed by atoms with Gasteiger partial charge in [-0.2, -0.15) is 0 Å². The third kappa shape index (κ3) is 5.13. The third-order valence-electron chi connectivity index (χ3n) is 2.85. The SMILES string of the molecule is I.NC(=NCc1csc(Br)c1)NCC1CCC1. The van der Waals surface area contributed by atoms with Crippen molar-refractivity contribution in [3.8, 4) is 0 Å². The molecule has 0 radical (unpaired) electrons. The second-order valence-electron chi connectivity index (χ2n) is 4.14. The molecule has 2 rings (SSSR count). The van der Waals surface area contributed by atoms with E-state index in [-0.39, 0.29) is 24.0 Å². The van der Waals surface area contributed by atoms with Gasteiger partial charge in [0.1, 0.15) is 0 Å². The zero-order chi connectivity index (χ0) is 11.4. The van der Waals surface area contributed by atoms with E-state index in [1.807, 2.05) is 0 Å². The Kier molecular flexibility index (Phi) is 6.79. The minimum atomic E-state index is 0. The first kappa shape index (κ1) is 15.2. The molecule has 0 atom stereocenters. The lowest BCUT2D eigenvalue weighted by atomic mass is 9.85. The first-order valence-corrected chi connectivity index (χ1v) is 7.18. The highest BCUT2D eigenvalue weighted by molar-refractivity contribution is 14.0. The Morgan fingerprint density at radius 3 is 2.88 bits per heavy atom. The third-order valence-corrected chi connectivity index (χ3v) is 4.40. The molecule has 1 saturated carbocycles. The van der Waals surface area contributed by atoms with Crippen LogP contribution in [0.3, 0.4) is 0 Å². The van der Waals surface area contributed by atoms with Crippen molar-refractivity contribution in [1.82, 2.24) is 5.32 Å². The molecule has 6 heteroatoms. The quantitative estimate of drug-likeness (QED) is 0.438. The second-order valence-corrected chi connectivity index (χ2v) is 6.43. The molecule has 96 valence electrons. The Morgan fingerprint density at radius 1 is 1.59 bits per heavy atom. The molecule has 0 bridgehead atoms. The number of nitrogens with one attached hydrogen (secondary N) is 1. The van der Waals surface area contributed by atoms with Crippen molar-refractivity contribution in [3.63, 3.8) is 0 Å². The van der Waals surface area contributed by atoms with E-state index in [1.165, 1.54) is 24.8 Å². The van der Waals surface area contributed by atoms with E-state index in [0.29, 0.717) is 12.5 Å². The minimum Gasteiger partial charge on any atom is -0.370 e. The Labute approximate surface area is 131 Å². The molecule has 17 heavy (non-hydrogen) atoms. The smallest absolute Gasteiger partial charge is 0.188 e. The molecular weight excluding hydrogens is 413 g/mol. The Hall–Kier alpha value is 0.180. The highest BCUT2D eigenvalue weighted by Crippen LogP contribution is 2.25. The van der Waals surface area contributed by atoms with Gasteiger partial charge in [0.25, 0.3) is 0 Å². The lowest BCUT2D eigenvalue weighted by Gasteiger charge is -2.25. The molecular formula is C11H17BrIN3S. The van der Waals surface area contributed by atoms with Crippen molar-refractivity contribution in [2.45, 2.75) is 25.8 Å². The Bertz CT molecular complexity index is 377. The van der Waals surface area contributed by atoms with Crippen LogP contribution >= 0.6 is 51.2 Å². The van der Waals surface area contributed by atoms with Gasteiger partial charge in [-0.3, -0.25) is 0 Å². The monoisotopic (exact) mass is 429 g/mol. The molecule has 0 amide bonds. The van der Waals surface area contributed by atoms with Crippen molar-refractivity contribution in [2.24, 2.45) is 16.6 Å². The molecule has 0 unspecified atom stereocenters. The highest BCUT2D eigenvalue weighted by Gasteiger charge is 2.16. The maximum Gasteiger partial charge on any atom is 0.188 e. The van der Waals surface area contributed by atoms with Crippen LogP contribution in [0.15, 0.2) is 20.2 Å². The lowest BCUT2D eigenvalue weighted by Crippen LogP contribution is -2.37. The average molecular weight is 430 g/mol. The van der Waals surface area contributed by atoms with Crippen LogP contribution in [0.25, 0.3) is 0 Å². The van der Waals surface area contributed by atoms with Gasteiger partial charge in [-0.05, 0) is 51.7 Å². The summed E-state index contributed by atoms with van der Waals surface area (Å²) in [5.41, 5.74) is 6.99. The maximum atomic E-state index is 5.79. The molecule has 0 aliphatic heterocycles. The fourth-order valence-corrected chi connectivity index (χ4v) is 2.81. The largest absolute Gasteiger partial charge is 0.370 e. The number of guanidine groups is 1. The molecule has 1 heterocycles. The van der Waals surface area contributed by atoms with Gasteiger partial charge in [-0.25, -0.2) is 4.99 Å². The number of rotatable bonds is 4. The van der Waals surface area contributed by atoms with Gasteiger partial charge >= 0.3 is 0 Å². The number of nitrogens with two attached hydrogens (primary N) is 1. The molecule has 1 aliphatic carbocycles. The first-order chi connectivity index (χ1) is 7.74. The first-order valence-electron chi connectivity index (χ1n) is 5.51. The van der Waals surface area contributed by atoms with Crippen LogP contribution in [0.2, 0.25) is 0 Å². The minimum absolute atomic E-state index is 0. The number of hydrogen-bond donors (Lipinski definition) is 2. The molecule has 1 fully saturated rings. The summed E-state index contributed by atoms with van der Waals surface area (Å²) in [5.74, 6) is 1.37. The van der Waals surface area contributed by atoms with Crippen LogP contribution in [0.5, 0.6) is 0 Å². The van der Waals surface area contributed by atoms with Crippen molar-refractivity contribution in [3.05, 3.63) is 20.8 Å². The standard InChI is InChI=1S/C11H16BrN3S.HI/c12-10-4-9(7-16-10)6-15-11(13)14-5-8-2-1-3-8;/h4,7-8H,1-3,5-6H2,(H3,13,14,15);1H. The topological polar surface area (TPSA) is 50.4 Å². The summed E-state index contributed by atoms with van der Waals surface area (Å²) >= 11 is 5.10. The summed E-state index contributed by atoms with van der Waals surface area (Å²) in [7, 11) is 0. The van der Waals surface area contributed by atoms with Crippen LogP contribution in [0.4, 0.5) is 0 Å². The van der Waals surface area contributed by atoms with Gasteiger partial charge in [0.15, 0.2) is 5.96 Å². The Morgan fingerprint density at radius 2 is 2.35 bits per heavy atom. The number of thiophene rings is 1. The molecule has 3 N–H and O–H groups in total. The van der Waals surface area contributed by atoms with Crippen LogP contribution in [0.1, 0.15) is 24.8 Å². The summed E-state index contributed by atoms with van der Waals surface area (Å²) in [6.07, 6.45) is 4.03. The normalized spacial score (nSPS) is 16.2. The molecule has 0 spiro atoms. The molecule has 0 saturated heterocycles. The van der Waals surface area contributed by atoms with E-state index in [0.717, 1.165) is 16.2 Å². The van der Waals surface area contributed by atoms with Crippen molar-refractivity contribution >= 4 is 57.2 Å². The maximum absolute atomic E-state index is 5.79. The van der Waals surface area contributed by atoms with E-state index >= 15 is 0 Å². The van der Waals surface area contributed by atoms with Gasteiger partial charge in [-0.15, -0.1) is 35.3 Å². The van der Waals surface area contributed by atoms with Gasteiger partial charge < -0.3 is 11.1 Å². The average Bonchev–Trinajstić information content (AvgIpc) is 2.59. The summed E-state index contributed by atoms with van der Waals surface area (Å²) in [6, 6.07) is 2.08. The van der Waals surface area contributed by atoms with Crippen molar-refractivity contribution in [1.29, 1.82) is 0 Å². The summed E-state index contributed by atoms with van der Waals surface area (Å²) in [6.45, 7) is 1.63. The predicted octanol–water partition coefficient (Wildman–Crippen LogP) is 3.33. The fourth-order valence-electron chi connectivity index (χ4n) is 1.61. The number of aliphatic imine (C=N–C) groups is 1. The molecule has 0 aromatic carbocycles. The van der Waals surface area contributed by atoms with Crippen LogP contribution in [0, 0.1) is 5.92 Å². The lowest BCUT2D eigenvalue weighted by molar-refractivity contribution is 0.315. The van der Waals surface area contributed by atoms with Crippen molar-refractivity contribution < 1.29 is 0 Å². The zero-order valence-corrected chi connectivity index (χ0v) is 14.2. The molecule has 1 aromatic heterocycles. The summed E-state index contributed by atoms with van der Waals surface area (Å²) in [4.78, 5) is 4.31. The fraction of sp³-hybridized carbons (Fsp3) is 0.545. The van der Waals surface area contributed by atoms with E-state index in [1.54, 1.807) is 11.3 Å². The van der Waals surface area contributed by atoms with E-state index in [9.17, 15) is 0 Å². The van der Waals surface area contributed by atoms with Crippen LogP contribution in [-0.2, 0) is 6.54 Å². The Balaban J connectivity index is 0.00000144. The zero-order valence-electron chi connectivity index (χ0n) is 9.49. The predicted molar refractivity (Wildman–Crippen MR) is 88.1 cm³/mol. The van der Waals surface area contributed by atoms with E-state index in [4.69, 9.17) is 5.73 Å². The van der Waals surface area contributed by atoms with Gasteiger partial charge in [-0.1, -0.05) is 6.42 Å². The highest BCUT2D eigenvalue weighted by atomic mass is 127. The number of halogens is 2. The number of nitrogens with zero attached hydrogens (tertiary/aromatic N) is 1. The number of hydrogen-bond acceptors (Lipinski definition) is 2. The van der Waals surface area contributed by atoms with Crippen LogP contribution < -0.4 is 11.1 Å². The molecule has 1 aliphatic rings. The second kappa shape index (κ2) is 7.58. The van der Waals surface area contributed by atoms with Crippen molar-refractivity contribution in [2.75, 3.05) is 6.54 Å². The van der Waals surface area contributed by atoms with E-state index < -0.39 is 0 Å². The van der Waals surface area contributed by atoms with Gasteiger partial charge in [0.05, 0.1) is 10.3 Å². The van der Waals surface area contributed by atoms with Crippen LogP contribution in [-0.4, -0.2) is 12.5 Å². The summed E-state index contributed by atoms with van der Waals surface area (Å²) < 4.78 is 1.14.